The summed E-state index contributed by atoms with van der Waals surface area (Å²) in [5.41, 5.74) is 3.73. The molecule has 1 unspecified atom stereocenters. The maximum Gasteiger partial charge on any atom is 0.295 e. The summed E-state index contributed by atoms with van der Waals surface area (Å²) in [6.45, 7) is 6.40. The summed E-state index contributed by atoms with van der Waals surface area (Å²) in [4.78, 5) is 34.4. The highest BCUT2D eigenvalue weighted by molar-refractivity contribution is 6.46. The number of aliphatic hydroxyl groups is 1. The van der Waals surface area contributed by atoms with Gasteiger partial charge in [0.25, 0.3) is 11.7 Å². The van der Waals surface area contributed by atoms with E-state index in [4.69, 9.17) is 4.74 Å². The van der Waals surface area contributed by atoms with Crippen LogP contribution in [0, 0.1) is 0 Å². The van der Waals surface area contributed by atoms with E-state index in [2.05, 4.69) is 25.8 Å². The molecule has 2 aromatic carbocycles. The summed E-state index contributed by atoms with van der Waals surface area (Å²) in [7, 11) is 5.40. The highest BCUT2D eigenvalue weighted by Gasteiger charge is 2.46. The van der Waals surface area contributed by atoms with Crippen LogP contribution in [0.3, 0.4) is 0 Å². The first-order valence-electron chi connectivity index (χ1n) is 12.2. The Hall–Kier alpha value is -4.13. The van der Waals surface area contributed by atoms with Crippen LogP contribution in [0.2, 0.25) is 0 Å². The van der Waals surface area contributed by atoms with E-state index in [1.54, 1.807) is 30.6 Å². The number of ketones is 1. The van der Waals surface area contributed by atoms with E-state index in [-0.39, 0.29) is 23.3 Å². The predicted molar refractivity (Wildman–Crippen MR) is 145 cm³/mol. The first-order chi connectivity index (χ1) is 17.5. The van der Waals surface area contributed by atoms with Crippen LogP contribution in [-0.2, 0) is 21.5 Å². The molecule has 1 aliphatic heterocycles. The predicted octanol–water partition coefficient (Wildman–Crippen LogP) is 5.08. The molecule has 1 aliphatic rings. The molecule has 0 bridgehead atoms. The van der Waals surface area contributed by atoms with Crippen LogP contribution in [-0.4, -0.2) is 47.9 Å². The number of hydrogen-bond acceptors (Lipinski definition) is 6. The number of nitrogens with zero attached hydrogens (tertiary/aromatic N) is 3. The second-order valence-corrected chi connectivity index (χ2v) is 10.4. The standard InChI is InChI=1S/C30H33N3O4/c1-30(2,3)21-9-12-24(37-6)23(17-21)27(34)25-26(20-7-10-22(11-8-20)32(4)5)33(29(36)28(25)35)18-19-13-15-31-16-14-19/h7-17,26,34H,18H2,1-6H3/b27-25+. The van der Waals surface area contributed by atoms with Gasteiger partial charge in [-0.3, -0.25) is 14.6 Å². The zero-order valence-electron chi connectivity index (χ0n) is 22.1. The number of aromatic nitrogens is 1. The molecule has 1 aromatic heterocycles. The molecule has 7 heteroatoms. The van der Waals surface area contributed by atoms with Crippen LogP contribution in [0.15, 0.2) is 72.6 Å². The molecule has 0 aliphatic carbocycles. The summed E-state index contributed by atoms with van der Waals surface area (Å²) >= 11 is 0. The molecule has 1 fully saturated rings. The van der Waals surface area contributed by atoms with Crippen molar-refractivity contribution in [3.05, 3.63) is 94.8 Å². The largest absolute Gasteiger partial charge is 0.507 e. The molecule has 1 amide bonds. The summed E-state index contributed by atoms with van der Waals surface area (Å²) in [6.07, 6.45) is 3.30. The lowest BCUT2D eigenvalue weighted by Gasteiger charge is -2.26. The number of hydrogen-bond donors (Lipinski definition) is 1. The molecule has 3 aromatic rings. The van der Waals surface area contributed by atoms with Gasteiger partial charge >= 0.3 is 0 Å². The number of aliphatic hydroxyl groups excluding tert-OH is 1. The number of pyridine rings is 1. The van der Waals surface area contributed by atoms with Gasteiger partial charge in [-0.1, -0.05) is 39.0 Å². The molecular weight excluding hydrogens is 466 g/mol. The Morgan fingerprint density at radius 2 is 1.68 bits per heavy atom. The summed E-state index contributed by atoms with van der Waals surface area (Å²) in [5, 5.41) is 11.7. The number of amides is 1. The lowest BCUT2D eigenvalue weighted by molar-refractivity contribution is -0.140. The summed E-state index contributed by atoms with van der Waals surface area (Å²) in [6, 6.07) is 16.0. The molecule has 192 valence electrons. The molecule has 4 rings (SSSR count). The smallest absolute Gasteiger partial charge is 0.295 e. The first kappa shape index (κ1) is 25.9. The Balaban J connectivity index is 1.92. The van der Waals surface area contributed by atoms with Gasteiger partial charge < -0.3 is 19.6 Å². The zero-order chi connectivity index (χ0) is 26.9. The third-order valence-corrected chi connectivity index (χ3v) is 6.69. The van der Waals surface area contributed by atoms with Crippen LogP contribution >= 0.6 is 0 Å². The normalized spacial score (nSPS) is 17.2. The molecule has 0 saturated carbocycles. The van der Waals surface area contributed by atoms with Crippen LogP contribution < -0.4 is 9.64 Å². The van der Waals surface area contributed by atoms with E-state index in [1.807, 2.05) is 55.4 Å². The number of anilines is 1. The minimum atomic E-state index is -0.771. The van der Waals surface area contributed by atoms with Crippen molar-refractivity contribution in [1.29, 1.82) is 0 Å². The molecule has 0 radical (unpaired) electrons. The van der Waals surface area contributed by atoms with Crippen molar-refractivity contribution < 1.29 is 19.4 Å². The van der Waals surface area contributed by atoms with Crippen molar-refractivity contribution in [2.24, 2.45) is 0 Å². The third kappa shape index (κ3) is 5.07. The van der Waals surface area contributed by atoms with Crippen LogP contribution in [0.1, 0.15) is 49.1 Å². The van der Waals surface area contributed by atoms with Crippen molar-refractivity contribution in [3.8, 4) is 5.75 Å². The number of ether oxygens (including phenoxy) is 1. The van der Waals surface area contributed by atoms with Gasteiger partial charge in [0.2, 0.25) is 0 Å². The first-order valence-corrected chi connectivity index (χ1v) is 12.2. The maximum absolute atomic E-state index is 13.5. The minimum absolute atomic E-state index is 0.0426. The van der Waals surface area contributed by atoms with Crippen LogP contribution in [0.5, 0.6) is 5.75 Å². The van der Waals surface area contributed by atoms with Crippen LogP contribution in [0.4, 0.5) is 5.69 Å². The number of methoxy groups -OCH3 is 1. The second kappa shape index (κ2) is 10.1. The highest BCUT2D eigenvalue weighted by atomic mass is 16.5. The lowest BCUT2D eigenvalue weighted by atomic mass is 9.85. The van der Waals surface area contributed by atoms with Gasteiger partial charge in [0.15, 0.2) is 0 Å². The topological polar surface area (TPSA) is 83.0 Å². The summed E-state index contributed by atoms with van der Waals surface area (Å²) in [5.74, 6) is -1.21. The fourth-order valence-corrected chi connectivity index (χ4v) is 4.53. The van der Waals surface area contributed by atoms with Gasteiger partial charge in [-0.05, 0) is 58.5 Å². The number of likely N-dealkylation sites (tertiary alicyclic amines) is 1. The number of rotatable bonds is 6. The Morgan fingerprint density at radius 1 is 1.03 bits per heavy atom. The SMILES string of the molecule is COc1ccc(C(C)(C)C)cc1/C(O)=C1\C(=O)C(=O)N(Cc2ccncc2)C1c1ccc(N(C)C)cc1. The van der Waals surface area contributed by atoms with Crippen LogP contribution in [0.25, 0.3) is 5.76 Å². The van der Waals surface area contributed by atoms with Crippen molar-refractivity contribution in [2.75, 3.05) is 26.1 Å². The van der Waals surface area contributed by atoms with Gasteiger partial charge in [-0.25, -0.2) is 0 Å². The highest BCUT2D eigenvalue weighted by Crippen LogP contribution is 2.42. The monoisotopic (exact) mass is 499 g/mol. The van der Waals surface area contributed by atoms with E-state index < -0.39 is 17.7 Å². The second-order valence-electron chi connectivity index (χ2n) is 10.4. The van der Waals surface area contributed by atoms with Crippen molar-refractivity contribution in [1.82, 2.24) is 9.88 Å². The average molecular weight is 500 g/mol. The van der Waals surface area contributed by atoms with E-state index >= 15 is 0 Å². The van der Waals surface area contributed by atoms with Crippen molar-refractivity contribution >= 4 is 23.1 Å². The van der Waals surface area contributed by atoms with Gasteiger partial charge in [0, 0.05) is 38.7 Å². The molecule has 37 heavy (non-hydrogen) atoms. The molecular formula is C30H33N3O4. The number of carbonyl (C=O) groups is 2. The van der Waals surface area contributed by atoms with Gasteiger partial charge in [0.05, 0.1) is 24.3 Å². The van der Waals surface area contributed by atoms with Gasteiger partial charge in [-0.15, -0.1) is 0 Å². The average Bonchev–Trinajstić information content (AvgIpc) is 3.13. The van der Waals surface area contributed by atoms with Gasteiger partial charge in [-0.2, -0.15) is 0 Å². The van der Waals surface area contributed by atoms with Crippen molar-refractivity contribution in [2.45, 2.75) is 38.8 Å². The molecule has 2 heterocycles. The molecule has 1 saturated heterocycles. The fourth-order valence-electron chi connectivity index (χ4n) is 4.53. The number of Topliss-reactive ketones (excluding diaryl/α,β-unsaturated/α-hetero) is 1. The third-order valence-electron chi connectivity index (χ3n) is 6.69. The van der Waals surface area contributed by atoms with Gasteiger partial charge in [0.1, 0.15) is 11.5 Å². The van der Waals surface area contributed by atoms with Crippen molar-refractivity contribution in [3.63, 3.8) is 0 Å². The van der Waals surface area contributed by atoms with E-state index in [0.29, 0.717) is 11.3 Å². The number of benzene rings is 2. The quantitative estimate of drug-likeness (QED) is 0.290. The lowest BCUT2D eigenvalue weighted by Crippen LogP contribution is -2.29. The van der Waals surface area contributed by atoms with E-state index in [1.165, 1.54) is 12.0 Å². The summed E-state index contributed by atoms with van der Waals surface area (Å²) < 4.78 is 5.54. The van der Waals surface area contributed by atoms with E-state index in [9.17, 15) is 14.7 Å². The minimum Gasteiger partial charge on any atom is -0.507 e. The number of carbonyl (C=O) groups excluding carboxylic acids is 2. The molecule has 7 nitrogen and oxygen atoms in total. The Kier molecular flexibility index (Phi) is 7.07. The fraction of sp³-hybridized carbons (Fsp3) is 0.300. The Morgan fingerprint density at radius 3 is 2.24 bits per heavy atom. The zero-order valence-corrected chi connectivity index (χ0v) is 22.1. The maximum atomic E-state index is 13.5. The molecule has 1 atom stereocenters. The molecule has 1 N–H and O–H groups in total. The molecule has 0 spiro atoms. The Labute approximate surface area is 218 Å². The van der Waals surface area contributed by atoms with E-state index in [0.717, 1.165) is 22.4 Å². The Bertz CT molecular complexity index is 1340.